The smallest absolute Gasteiger partial charge is 0.330 e. The fraction of sp³-hybridized carbons (Fsp3) is 0.353. The van der Waals surface area contributed by atoms with Gasteiger partial charge in [-0.05, 0) is 30.5 Å². The van der Waals surface area contributed by atoms with Crippen molar-refractivity contribution in [1.29, 1.82) is 0 Å². The number of amides is 1. The Balaban J connectivity index is 1.92. The summed E-state index contributed by atoms with van der Waals surface area (Å²) in [5, 5.41) is 3.91. The summed E-state index contributed by atoms with van der Waals surface area (Å²) >= 11 is 0. The normalized spacial score (nSPS) is 14.4. The molecule has 1 heterocycles. The highest BCUT2D eigenvalue weighted by Crippen LogP contribution is 2.35. The third kappa shape index (κ3) is 3.72. The van der Waals surface area contributed by atoms with Crippen LogP contribution in [0.2, 0.25) is 0 Å². The Kier molecular flexibility index (Phi) is 4.36. The Bertz CT molecular complexity index is 857. The first-order valence-electron chi connectivity index (χ1n) is 7.78. The SMILES string of the molecule is Cn1nc(C(=O)N(Cc2ccccc2C(F)(F)F)C2CC2)ccc1=O. The van der Waals surface area contributed by atoms with Gasteiger partial charge in [-0.3, -0.25) is 9.59 Å². The van der Waals surface area contributed by atoms with Crippen LogP contribution in [-0.2, 0) is 19.8 Å². The lowest BCUT2D eigenvalue weighted by Gasteiger charge is -2.24. The van der Waals surface area contributed by atoms with Gasteiger partial charge in [0.05, 0.1) is 5.56 Å². The van der Waals surface area contributed by atoms with E-state index in [1.807, 2.05) is 0 Å². The zero-order chi connectivity index (χ0) is 18.2. The molecule has 1 saturated carbocycles. The number of benzene rings is 1. The first kappa shape index (κ1) is 17.2. The molecule has 0 radical (unpaired) electrons. The first-order chi connectivity index (χ1) is 11.8. The van der Waals surface area contributed by atoms with E-state index in [2.05, 4.69) is 5.10 Å². The van der Waals surface area contributed by atoms with Crippen LogP contribution in [0.1, 0.15) is 34.5 Å². The van der Waals surface area contributed by atoms with Gasteiger partial charge in [0.2, 0.25) is 0 Å². The Morgan fingerprint density at radius 2 is 1.92 bits per heavy atom. The van der Waals surface area contributed by atoms with Crippen LogP contribution in [-0.4, -0.2) is 26.6 Å². The van der Waals surface area contributed by atoms with Crippen molar-refractivity contribution in [1.82, 2.24) is 14.7 Å². The second-order valence-electron chi connectivity index (χ2n) is 6.00. The highest BCUT2D eigenvalue weighted by molar-refractivity contribution is 5.92. The number of carbonyl (C=O) groups excluding carboxylic acids is 1. The molecule has 8 heteroatoms. The van der Waals surface area contributed by atoms with Gasteiger partial charge in [-0.1, -0.05) is 18.2 Å². The van der Waals surface area contributed by atoms with E-state index >= 15 is 0 Å². The summed E-state index contributed by atoms with van der Waals surface area (Å²) in [7, 11) is 1.42. The molecule has 1 fully saturated rings. The molecule has 5 nitrogen and oxygen atoms in total. The van der Waals surface area contributed by atoms with Crippen LogP contribution in [0.25, 0.3) is 0 Å². The number of alkyl halides is 3. The zero-order valence-electron chi connectivity index (χ0n) is 13.5. The minimum atomic E-state index is -4.48. The quantitative estimate of drug-likeness (QED) is 0.851. The van der Waals surface area contributed by atoms with E-state index in [1.165, 1.54) is 42.3 Å². The molecular formula is C17H16F3N3O2. The second-order valence-corrected chi connectivity index (χ2v) is 6.00. The Morgan fingerprint density at radius 3 is 2.52 bits per heavy atom. The number of halogens is 3. The predicted molar refractivity (Wildman–Crippen MR) is 83.8 cm³/mol. The van der Waals surface area contributed by atoms with Gasteiger partial charge < -0.3 is 4.90 Å². The topological polar surface area (TPSA) is 55.2 Å². The minimum absolute atomic E-state index is 0.0403. The van der Waals surface area contributed by atoms with Crippen molar-refractivity contribution in [3.8, 4) is 0 Å². The van der Waals surface area contributed by atoms with Crippen molar-refractivity contribution < 1.29 is 18.0 Å². The standard InChI is InChI=1S/C17H16F3N3O2/c1-22-15(24)9-8-14(21-22)16(25)23(12-6-7-12)10-11-4-2-3-5-13(11)17(18,19)20/h2-5,8-9,12H,6-7,10H2,1H3. The lowest BCUT2D eigenvalue weighted by Crippen LogP contribution is -2.35. The van der Waals surface area contributed by atoms with Crippen molar-refractivity contribution in [3.63, 3.8) is 0 Å². The van der Waals surface area contributed by atoms with Crippen LogP contribution in [0.4, 0.5) is 13.2 Å². The molecule has 0 N–H and O–H groups in total. The molecule has 0 unspecified atom stereocenters. The fourth-order valence-electron chi connectivity index (χ4n) is 2.63. The molecule has 1 aliphatic carbocycles. The van der Waals surface area contributed by atoms with Crippen LogP contribution in [0, 0.1) is 0 Å². The van der Waals surface area contributed by atoms with Gasteiger partial charge >= 0.3 is 6.18 Å². The van der Waals surface area contributed by atoms with Gasteiger partial charge in [0, 0.05) is 25.7 Å². The lowest BCUT2D eigenvalue weighted by molar-refractivity contribution is -0.138. The van der Waals surface area contributed by atoms with Crippen molar-refractivity contribution in [2.75, 3.05) is 0 Å². The molecule has 1 amide bonds. The molecule has 3 rings (SSSR count). The van der Waals surface area contributed by atoms with Crippen LogP contribution >= 0.6 is 0 Å². The van der Waals surface area contributed by atoms with Gasteiger partial charge in [0.15, 0.2) is 0 Å². The van der Waals surface area contributed by atoms with E-state index in [0.29, 0.717) is 0 Å². The Morgan fingerprint density at radius 1 is 1.24 bits per heavy atom. The van der Waals surface area contributed by atoms with Gasteiger partial charge in [-0.25, -0.2) is 4.68 Å². The molecular weight excluding hydrogens is 335 g/mol. The maximum absolute atomic E-state index is 13.2. The van der Waals surface area contributed by atoms with E-state index in [4.69, 9.17) is 0 Å². The van der Waals surface area contributed by atoms with Gasteiger partial charge in [0.25, 0.3) is 11.5 Å². The van der Waals surface area contributed by atoms with Crippen LogP contribution in [0.5, 0.6) is 0 Å². The van der Waals surface area contributed by atoms with Gasteiger partial charge in [-0.2, -0.15) is 18.3 Å². The minimum Gasteiger partial charge on any atom is -0.330 e. The molecule has 1 aliphatic rings. The number of rotatable bonds is 4. The largest absolute Gasteiger partial charge is 0.416 e. The summed E-state index contributed by atoms with van der Waals surface area (Å²) in [6.45, 7) is -0.149. The second kappa shape index (κ2) is 6.34. The van der Waals surface area contributed by atoms with Crippen LogP contribution in [0.3, 0.4) is 0 Å². The number of aromatic nitrogens is 2. The number of nitrogens with zero attached hydrogens (tertiary/aromatic N) is 3. The van der Waals surface area contributed by atoms with Gasteiger partial charge in [0.1, 0.15) is 5.69 Å². The summed E-state index contributed by atoms with van der Waals surface area (Å²) in [6, 6.07) is 7.64. The summed E-state index contributed by atoms with van der Waals surface area (Å²) in [5.74, 6) is -0.477. The average Bonchev–Trinajstić information content (AvgIpc) is 3.39. The van der Waals surface area contributed by atoms with Crippen molar-refractivity contribution in [2.24, 2.45) is 7.05 Å². The lowest BCUT2D eigenvalue weighted by atomic mass is 10.1. The maximum Gasteiger partial charge on any atom is 0.416 e. The van der Waals surface area contributed by atoms with Crippen LogP contribution < -0.4 is 5.56 Å². The molecule has 132 valence electrons. The van der Waals surface area contributed by atoms with Crippen molar-refractivity contribution >= 4 is 5.91 Å². The van der Waals surface area contributed by atoms with E-state index in [1.54, 1.807) is 0 Å². The van der Waals surface area contributed by atoms with Crippen LogP contribution in [0.15, 0.2) is 41.2 Å². The third-order valence-corrected chi connectivity index (χ3v) is 4.09. The molecule has 0 saturated heterocycles. The van der Waals surface area contributed by atoms with Crippen molar-refractivity contribution in [3.05, 3.63) is 63.6 Å². The molecule has 1 aromatic carbocycles. The number of hydrogen-bond acceptors (Lipinski definition) is 3. The summed E-state index contributed by atoms with van der Waals surface area (Å²) in [4.78, 5) is 25.5. The number of aryl methyl sites for hydroxylation is 1. The fourth-order valence-corrected chi connectivity index (χ4v) is 2.63. The average molecular weight is 351 g/mol. The predicted octanol–water partition coefficient (Wildman–Crippen LogP) is 2.60. The van der Waals surface area contributed by atoms with E-state index in [-0.39, 0.29) is 29.4 Å². The van der Waals surface area contributed by atoms with Crippen molar-refractivity contribution in [2.45, 2.75) is 31.6 Å². The molecule has 0 aliphatic heterocycles. The summed E-state index contributed by atoms with van der Waals surface area (Å²) in [5.41, 5.74) is -1.03. The Hall–Kier alpha value is -2.64. The monoisotopic (exact) mass is 351 g/mol. The number of carbonyl (C=O) groups is 1. The highest BCUT2D eigenvalue weighted by atomic mass is 19.4. The van der Waals surface area contributed by atoms with E-state index in [9.17, 15) is 22.8 Å². The molecule has 0 atom stereocenters. The highest BCUT2D eigenvalue weighted by Gasteiger charge is 2.37. The molecule has 25 heavy (non-hydrogen) atoms. The van der Waals surface area contributed by atoms with E-state index in [0.717, 1.165) is 23.6 Å². The summed E-state index contributed by atoms with van der Waals surface area (Å²) in [6.07, 6.45) is -3.00. The maximum atomic E-state index is 13.2. The van der Waals surface area contributed by atoms with E-state index < -0.39 is 17.6 Å². The molecule has 1 aromatic heterocycles. The third-order valence-electron chi connectivity index (χ3n) is 4.09. The molecule has 0 bridgehead atoms. The van der Waals surface area contributed by atoms with Gasteiger partial charge in [-0.15, -0.1) is 0 Å². The Labute approximate surface area is 141 Å². The zero-order valence-corrected chi connectivity index (χ0v) is 13.5. The number of hydrogen-bond donors (Lipinski definition) is 0. The molecule has 2 aromatic rings. The first-order valence-corrected chi connectivity index (χ1v) is 7.78. The summed E-state index contributed by atoms with van der Waals surface area (Å²) < 4.78 is 40.6. The molecule has 0 spiro atoms.